The van der Waals surface area contributed by atoms with E-state index >= 15 is 0 Å². The van der Waals surface area contributed by atoms with Gasteiger partial charge in [-0.25, -0.2) is 4.98 Å². The van der Waals surface area contributed by atoms with Crippen molar-refractivity contribution in [3.63, 3.8) is 0 Å². The minimum absolute atomic E-state index is 0.0622. The molecule has 7 heteroatoms. The van der Waals surface area contributed by atoms with Crippen molar-refractivity contribution < 1.29 is 9.21 Å². The number of anilines is 1. The van der Waals surface area contributed by atoms with Gasteiger partial charge >= 0.3 is 0 Å². The normalized spacial score (nSPS) is 11.3. The standard InChI is InChI=1S/C33H25N5O2/c1-20-10-11-25(23-14-15-40-19-23)26-18-29(36-31(20)26)33-32-28(37-38-33)13-12-27(35-32)22-8-5-9-24(17-22)34-30(39)16-21-6-3-2-4-7-21/h2-15,17-19,36H,16H2,1H3,(H,34,39)(H,37,38). The van der Waals surface area contributed by atoms with Crippen LogP contribution in [0, 0.1) is 6.92 Å². The van der Waals surface area contributed by atoms with Gasteiger partial charge in [-0.05, 0) is 60.0 Å². The summed E-state index contributed by atoms with van der Waals surface area (Å²) in [6, 6.07) is 29.7. The Hall–Kier alpha value is -5.43. The number of hydrogen-bond donors (Lipinski definition) is 3. The highest BCUT2D eigenvalue weighted by molar-refractivity contribution is 6.01. The van der Waals surface area contributed by atoms with E-state index in [0.29, 0.717) is 6.42 Å². The lowest BCUT2D eigenvalue weighted by molar-refractivity contribution is -0.115. The largest absolute Gasteiger partial charge is 0.472 e. The number of pyridine rings is 1. The smallest absolute Gasteiger partial charge is 0.228 e. The monoisotopic (exact) mass is 523 g/mol. The predicted molar refractivity (Wildman–Crippen MR) is 158 cm³/mol. The average Bonchev–Trinajstić information content (AvgIpc) is 3.74. The number of amides is 1. The number of aromatic nitrogens is 4. The fourth-order valence-electron chi connectivity index (χ4n) is 5.15. The molecular formula is C33H25N5O2. The molecule has 0 fully saturated rings. The number of carbonyl (C=O) groups is 1. The molecule has 4 heterocycles. The lowest BCUT2D eigenvalue weighted by Crippen LogP contribution is -2.14. The zero-order valence-electron chi connectivity index (χ0n) is 21.7. The van der Waals surface area contributed by atoms with E-state index in [1.807, 2.05) is 72.8 Å². The van der Waals surface area contributed by atoms with Gasteiger partial charge in [-0.3, -0.25) is 9.89 Å². The third-order valence-electron chi connectivity index (χ3n) is 7.15. The number of nitrogens with zero attached hydrogens (tertiary/aromatic N) is 2. The molecule has 0 atom stereocenters. The number of aryl methyl sites for hydroxylation is 1. The fraction of sp³-hybridized carbons (Fsp3) is 0.0606. The van der Waals surface area contributed by atoms with Crippen LogP contribution in [0.3, 0.4) is 0 Å². The molecule has 3 N–H and O–H groups in total. The molecule has 1 amide bonds. The maximum absolute atomic E-state index is 12.6. The Labute approximate surface area is 229 Å². The van der Waals surface area contributed by atoms with Crippen LogP contribution in [0.15, 0.2) is 108 Å². The van der Waals surface area contributed by atoms with E-state index < -0.39 is 0 Å². The molecule has 0 aliphatic rings. The van der Waals surface area contributed by atoms with E-state index in [0.717, 1.165) is 72.5 Å². The van der Waals surface area contributed by atoms with Crippen molar-refractivity contribution in [2.45, 2.75) is 13.3 Å². The molecule has 7 nitrogen and oxygen atoms in total. The fourth-order valence-corrected chi connectivity index (χ4v) is 5.15. The number of rotatable bonds is 6. The summed E-state index contributed by atoms with van der Waals surface area (Å²) in [4.78, 5) is 21.2. The van der Waals surface area contributed by atoms with Crippen LogP contribution >= 0.6 is 0 Å². The summed E-state index contributed by atoms with van der Waals surface area (Å²) in [5.74, 6) is -0.0622. The topological polar surface area (TPSA) is 99.6 Å². The van der Waals surface area contributed by atoms with Crippen molar-refractivity contribution in [1.29, 1.82) is 0 Å². The van der Waals surface area contributed by atoms with Gasteiger partial charge in [0.25, 0.3) is 0 Å². The van der Waals surface area contributed by atoms with Crippen LogP contribution in [-0.2, 0) is 11.2 Å². The number of furan rings is 1. The second-order valence-corrected chi connectivity index (χ2v) is 9.87. The number of hydrogen-bond acceptors (Lipinski definition) is 4. The maximum atomic E-state index is 12.6. The van der Waals surface area contributed by atoms with Crippen LogP contribution < -0.4 is 5.32 Å². The Balaban J connectivity index is 1.23. The molecule has 4 aromatic heterocycles. The molecule has 0 aliphatic carbocycles. The first-order valence-electron chi connectivity index (χ1n) is 13.1. The molecule has 0 saturated heterocycles. The Morgan fingerprint density at radius 2 is 1.82 bits per heavy atom. The Morgan fingerprint density at radius 3 is 2.67 bits per heavy atom. The van der Waals surface area contributed by atoms with E-state index in [1.165, 1.54) is 0 Å². The summed E-state index contributed by atoms with van der Waals surface area (Å²) in [7, 11) is 0. The van der Waals surface area contributed by atoms with Crippen LogP contribution in [0.1, 0.15) is 11.1 Å². The lowest BCUT2D eigenvalue weighted by atomic mass is 10.0. The SMILES string of the molecule is Cc1ccc(-c2ccoc2)c2cc(-c3n[nH]c4ccc(-c5cccc(NC(=O)Cc6ccccc6)c5)nc34)[nH]c12. The van der Waals surface area contributed by atoms with Gasteiger partial charge in [0.2, 0.25) is 5.91 Å². The van der Waals surface area contributed by atoms with E-state index in [1.54, 1.807) is 12.5 Å². The van der Waals surface area contributed by atoms with Crippen LogP contribution in [0.2, 0.25) is 0 Å². The van der Waals surface area contributed by atoms with E-state index in [9.17, 15) is 4.79 Å². The third-order valence-corrected chi connectivity index (χ3v) is 7.15. The van der Waals surface area contributed by atoms with Gasteiger partial charge in [0.15, 0.2) is 0 Å². The molecule has 0 aliphatic heterocycles. The van der Waals surface area contributed by atoms with Gasteiger partial charge in [-0.1, -0.05) is 54.6 Å². The zero-order chi connectivity index (χ0) is 27.1. The first kappa shape index (κ1) is 23.7. The van der Waals surface area contributed by atoms with Gasteiger partial charge in [-0.2, -0.15) is 5.10 Å². The summed E-state index contributed by atoms with van der Waals surface area (Å²) in [6.45, 7) is 2.09. The molecule has 0 bridgehead atoms. The Morgan fingerprint density at radius 1 is 0.925 bits per heavy atom. The third kappa shape index (κ3) is 4.33. The average molecular weight is 524 g/mol. The highest BCUT2D eigenvalue weighted by Gasteiger charge is 2.17. The van der Waals surface area contributed by atoms with Crippen molar-refractivity contribution in [2.24, 2.45) is 0 Å². The number of benzene rings is 3. The first-order valence-corrected chi connectivity index (χ1v) is 13.1. The summed E-state index contributed by atoms with van der Waals surface area (Å²) in [5, 5.41) is 11.9. The minimum Gasteiger partial charge on any atom is -0.472 e. The van der Waals surface area contributed by atoms with Crippen LogP contribution in [0.25, 0.3) is 55.7 Å². The van der Waals surface area contributed by atoms with Crippen molar-refractivity contribution in [3.8, 4) is 33.8 Å². The van der Waals surface area contributed by atoms with Crippen molar-refractivity contribution in [3.05, 3.63) is 115 Å². The summed E-state index contributed by atoms with van der Waals surface area (Å²) >= 11 is 0. The van der Waals surface area contributed by atoms with Crippen LogP contribution in [0.5, 0.6) is 0 Å². The molecular weight excluding hydrogens is 498 g/mol. The van der Waals surface area contributed by atoms with Crippen molar-refractivity contribution in [2.75, 3.05) is 5.32 Å². The molecule has 7 rings (SSSR count). The summed E-state index contributed by atoms with van der Waals surface area (Å²) < 4.78 is 5.34. The van der Waals surface area contributed by atoms with Crippen LogP contribution in [-0.4, -0.2) is 26.1 Å². The first-order chi connectivity index (χ1) is 19.6. The molecule has 0 radical (unpaired) electrons. The van der Waals surface area contributed by atoms with Gasteiger partial charge in [0.1, 0.15) is 11.2 Å². The number of fused-ring (bicyclic) bond motifs is 2. The quantitative estimate of drug-likeness (QED) is 0.210. The number of aromatic amines is 2. The minimum atomic E-state index is -0.0622. The number of H-pyrrole nitrogens is 2. The molecule has 194 valence electrons. The Kier molecular flexibility index (Phi) is 5.74. The molecule has 7 aromatic rings. The number of carbonyl (C=O) groups excluding carboxylic acids is 1. The second-order valence-electron chi connectivity index (χ2n) is 9.87. The molecule has 0 unspecified atom stereocenters. The Bertz CT molecular complexity index is 1980. The molecule has 0 saturated carbocycles. The second kappa shape index (κ2) is 9.71. The van der Waals surface area contributed by atoms with Gasteiger partial charge in [0.05, 0.1) is 35.9 Å². The number of nitrogens with one attached hydrogen (secondary N) is 3. The van der Waals surface area contributed by atoms with Crippen LogP contribution in [0.4, 0.5) is 5.69 Å². The molecule has 3 aromatic carbocycles. The maximum Gasteiger partial charge on any atom is 0.228 e. The lowest BCUT2D eigenvalue weighted by Gasteiger charge is -2.08. The molecule has 0 spiro atoms. The van der Waals surface area contributed by atoms with Crippen molar-refractivity contribution >= 4 is 33.5 Å². The highest BCUT2D eigenvalue weighted by atomic mass is 16.3. The summed E-state index contributed by atoms with van der Waals surface area (Å²) in [5.41, 5.74) is 11.0. The van der Waals surface area contributed by atoms with Crippen molar-refractivity contribution in [1.82, 2.24) is 20.2 Å². The van der Waals surface area contributed by atoms with E-state index in [-0.39, 0.29) is 5.91 Å². The zero-order valence-corrected chi connectivity index (χ0v) is 21.7. The van der Waals surface area contributed by atoms with Gasteiger partial charge < -0.3 is 14.7 Å². The molecule has 40 heavy (non-hydrogen) atoms. The highest BCUT2D eigenvalue weighted by Crippen LogP contribution is 2.36. The predicted octanol–water partition coefficient (Wildman–Crippen LogP) is 7.52. The van der Waals surface area contributed by atoms with E-state index in [4.69, 9.17) is 9.40 Å². The van der Waals surface area contributed by atoms with Gasteiger partial charge in [-0.15, -0.1) is 0 Å². The summed E-state index contributed by atoms with van der Waals surface area (Å²) in [6.07, 6.45) is 3.76. The van der Waals surface area contributed by atoms with Gasteiger partial charge in [0, 0.05) is 27.7 Å². The van der Waals surface area contributed by atoms with E-state index in [2.05, 4.69) is 45.6 Å².